The molecule has 1 rings (SSSR count). The van der Waals surface area contributed by atoms with Gasteiger partial charge in [-0.1, -0.05) is 13.8 Å². The Morgan fingerprint density at radius 1 is 1.50 bits per heavy atom. The molecule has 1 saturated heterocycles. The highest BCUT2D eigenvalue weighted by Crippen LogP contribution is 2.39. The maximum Gasteiger partial charge on any atom is 0.223 e. The first kappa shape index (κ1) is 11.5. The summed E-state index contributed by atoms with van der Waals surface area (Å²) in [6.07, 6.45) is 1.84. The SMILES string of the molecule is CC1(C)CC(C(C)(C)C(N)=O)CCO1. The average molecular weight is 199 g/mol. The maximum absolute atomic E-state index is 11.3. The number of amides is 1. The number of carbonyl (C=O) groups excluding carboxylic acids is 1. The maximum atomic E-state index is 11.3. The molecule has 0 aromatic carbocycles. The first-order valence-electron chi connectivity index (χ1n) is 5.19. The van der Waals surface area contributed by atoms with Crippen molar-refractivity contribution in [1.29, 1.82) is 0 Å². The van der Waals surface area contributed by atoms with Crippen LogP contribution in [0.1, 0.15) is 40.5 Å². The van der Waals surface area contributed by atoms with E-state index in [0.717, 1.165) is 19.4 Å². The molecule has 1 fully saturated rings. The van der Waals surface area contributed by atoms with Gasteiger partial charge in [0.15, 0.2) is 0 Å². The second kappa shape index (κ2) is 3.54. The van der Waals surface area contributed by atoms with E-state index in [1.807, 2.05) is 13.8 Å². The van der Waals surface area contributed by atoms with E-state index in [1.54, 1.807) is 0 Å². The minimum Gasteiger partial charge on any atom is -0.376 e. The Morgan fingerprint density at radius 3 is 2.50 bits per heavy atom. The summed E-state index contributed by atoms with van der Waals surface area (Å²) in [6.45, 7) is 8.73. The Labute approximate surface area is 86.0 Å². The fourth-order valence-electron chi connectivity index (χ4n) is 2.05. The summed E-state index contributed by atoms with van der Waals surface area (Å²) in [6, 6.07) is 0. The van der Waals surface area contributed by atoms with Crippen LogP contribution in [0.4, 0.5) is 0 Å². The minimum atomic E-state index is -0.416. The summed E-state index contributed by atoms with van der Waals surface area (Å²) in [7, 11) is 0. The van der Waals surface area contributed by atoms with E-state index < -0.39 is 5.41 Å². The molecule has 14 heavy (non-hydrogen) atoms. The van der Waals surface area contributed by atoms with E-state index in [-0.39, 0.29) is 11.5 Å². The van der Waals surface area contributed by atoms with Crippen LogP contribution < -0.4 is 5.73 Å². The molecule has 0 aromatic rings. The van der Waals surface area contributed by atoms with Crippen molar-refractivity contribution in [2.24, 2.45) is 17.1 Å². The molecule has 82 valence electrons. The number of ether oxygens (including phenoxy) is 1. The van der Waals surface area contributed by atoms with Crippen LogP contribution in [0.2, 0.25) is 0 Å². The lowest BCUT2D eigenvalue weighted by molar-refractivity contribution is -0.137. The lowest BCUT2D eigenvalue weighted by Gasteiger charge is -2.41. The van der Waals surface area contributed by atoms with E-state index in [1.165, 1.54) is 0 Å². The summed E-state index contributed by atoms with van der Waals surface area (Å²) in [5, 5.41) is 0. The predicted octanol–water partition coefficient (Wildman–Crippen LogP) is 1.70. The number of primary amides is 1. The fourth-order valence-corrected chi connectivity index (χ4v) is 2.05. The molecule has 1 unspecified atom stereocenters. The van der Waals surface area contributed by atoms with Crippen molar-refractivity contribution in [3.8, 4) is 0 Å². The van der Waals surface area contributed by atoms with Gasteiger partial charge in [-0.05, 0) is 32.6 Å². The van der Waals surface area contributed by atoms with Crippen LogP contribution in [-0.4, -0.2) is 18.1 Å². The summed E-state index contributed by atoms with van der Waals surface area (Å²) < 4.78 is 5.62. The van der Waals surface area contributed by atoms with Gasteiger partial charge in [0.25, 0.3) is 0 Å². The molecule has 0 aromatic heterocycles. The third-order valence-electron chi connectivity index (χ3n) is 3.35. The van der Waals surface area contributed by atoms with Gasteiger partial charge in [-0.3, -0.25) is 4.79 Å². The lowest BCUT2D eigenvalue weighted by Crippen LogP contribution is -2.45. The highest BCUT2D eigenvalue weighted by molar-refractivity contribution is 5.80. The van der Waals surface area contributed by atoms with Crippen LogP contribution in [0.5, 0.6) is 0 Å². The smallest absolute Gasteiger partial charge is 0.223 e. The second-order valence-electron chi connectivity index (χ2n) is 5.38. The lowest BCUT2D eigenvalue weighted by atomic mass is 9.70. The van der Waals surface area contributed by atoms with Crippen molar-refractivity contribution >= 4 is 5.91 Å². The molecule has 2 N–H and O–H groups in total. The Hall–Kier alpha value is -0.570. The van der Waals surface area contributed by atoms with Crippen molar-refractivity contribution < 1.29 is 9.53 Å². The van der Waals surface area contributed by atoms with Gasteiger partial charge in [-0.2, -0.15) is 0 Å². The van der Waals surface area contributed by atoms with E-state index in [9.17, 15) is 4.79 Å². The molecule has 1 aliphatic rings. The third-order valence-corrected chi connectivity index (χ3v) is 3.35. The Bertz CT molecular complexity index is 233. The van der Waals surface area contributed by atoms with Crippen molar-refractivity contribution in [3.05, 3.63) is 0 Å². The van der Waals surface area contributed by atoms with Crippen molar-refractivity contribution in [1.82, 2.24) is 0 Å². The average Bonchev–Trinajstić information content (AvgIpc) is 2.02. The number of nitrogens with two attached hydrogens (primary N) is 1. The molecule has 0 radical (unpaired) electrons. The first-order chi connectivity index (χ1) is 6.26. The largest absolute Gasteiger partial charge is 0.376 e. The Kier molecular flexibility index (Phi) is 2.91. The zero-order chi connectivity index (χ0) is 11.0. The molecular formula is C11H21NO2. The highest BCUT2D eigenvalue weighted by Gasteiger charge is 2.40. The quantitative estimate of drug-likeness (QED) is 0.736. The molecule has 0 bridgehead atoms. The van der Waals surface area contributed by atoms with E-state index >= 15 is 0 Å². The molecule has 1 heterocycles. The van der Waals surface area contributed by atoms with E-state index in [4.69, 9.17) is 10.5 Å². The van der Waals surface area contributed by atoms with Crippen LogP contribution in [0.25, 0.3) is 0 Å². The summed E-state index contributed by atoms with van der Waals surface area (Å²) in [5.41, 5.74) is 4.88. The van der Waals surface area contributed by atoms with Gasteiger partial charge in [-0.25, -0.2) is 0 Å². The zero-order valence-electron chi connectivity index (χ0n) is 9.59. The van der Waals surface area contributed by atoms with Crippen molar-refractivity contribution in [2.45, 2.75) is 46.1 Å². The molecule has 0 spiro atoms. The van der Waals surface area contributed by atoms with Crippen LogP contribution in [0, 0.1) is 11.3 Å². The second-order valence-corrected chi connectivity index (χ2v) is 5.38. The van der Waals surface area contributed by atoms with Crippen LogP contribution >= 0.6 is 0 Å². The predicted molar refractivity (Wildman–Crippen MR) is 55.7 cm³/mol. The summed E-state index contributed by atoms with van der Waals surface area (Å²) >= 11 is 0. The monoisotopic (exact) mass is 199 g/mol. The van der Waals surface area contributed by atoms with Gasteiger partial charge in [0.05, 0.1) is 5.60 Å². The van der Waals surface area contributed by atoms with E-state index in [2.05, 4.69) is 13.8 Å². The van der Waals surface area contributed by atoms with Crippen molar-refractivity contribution in [2.75, 3.05) is 6.61 Å². The molecule has 3 heteroatoms. The standard InChI is InChI=1S/C11H21NO2/c1-10(2)7-8(5-6-14-10)11(3,4)9(12)13/h8H,5-7H2,1-4H3,(H2,12,13). The molecular weight excluding hydrogens is 178 g/mol. The van der Waals surface area contributed by atoms with E-state index in [0.29, 0.717) is 5.92 Å². The molecule has 3 nitrogen and oxygen atoms in total. The zero-order valence-corrected chi connectivity index (χ0v) is 9.59. The van der Waals surface area contributed by atoms with Gasteiger partial charge in [0, 0.05) is 12.0 Å². The molecule has 1 atom stereocenters. The molecule has 0 aliphatic carbocycles. The minimum absolute atomic E-state index is 0.115. The van der Waals surface area contributed by atoms with Crippen molar-refractivity contribution in [3.63, 3.8) is 0 Å². The highest BCUT2D eigenvalue weighted by atomic mass is 16.5. The number of hydrogen-bond donors (Lipinski definition) is 1. The normalized spacial score (nSPS) is 27.3. The van der Waals surface area contributed by atoms with Gasteiger partial charge < -0.3 is 10.5 Å². The van der Waals surface area contributed by atoms with Gasteiger partial charge in [-0.15, -0.1) is 0 Å². The Morgan fingerprint density at radius 2 is 2.07 bits per heavy atom. The molecule has 1 amide bonds. The number of rotatable bonds is 2. The van der Waals surface area contributed by atoms with Crippen LogP contribution in [0.15, 0.2) is 0 Å². The van der Waals surface area contributed by atoms with Crippen LogP contribution in [-0.2, 0) is 9.53 Å². The molecule has 0 saturated carbocycles. The van der Waals surface area contributed by atoms with Gasteiger partial charge in [0.1, 0.15) is 0 Å². The van der Waals surface area contributed by atoms with Gasteiger partial charge in [0.2, 0.25) is 5.91 Å². The van der Waals surface area contributed by atoms with Gasteiger partial charge >= 0.3 is 0 Å². The summed E-state index contributed by atoms with van der Waals surface area (Å²) in [5.74, 6) is 0.129. The fraction of sp³-hybridized carbons (Fsp3) is 0.909. The molecule has 1 aliphatic heterocycles. The summed E-state index contributed by atoms with van der Waals surface area (Å²) in [4.78, 5) is 11.3. The number of carbonyl (C=O) groups is 1. The number of hydrogen-bond acceptors (Lipinski definition) is 2. The third kappa shape index (κ3) is 2.27. The first-order valence-corrected chi connectivity index (χ1v) is 5.19. The topological polar surface area (TPSA) is 52.3 Å². The van der Waals surface area contributed by atoms with Crippen LogP contribution in [0.3, 0.4) is 0 Å². The Balaban J connectivity index is 2.74.